The van der Waals surface area contributed by atoms with Gasteiger partial charge in [-0.3, -0.25) is 0 Å². The van der Waals surface area contributed by atoms with E-state index in [9.17, 15) is 0 Å². The van der Waals surface area contributed by atoms with Crippen molar-refractivity contribution < 1.29 is 10.0 Å². The molecule has 2 heterocycles. The maximum atomic E-state index is 9.16. The molecule has 2 aromatic heterocycles. The Balaban J connectivity index is 2.08. The Morgan fingerprint density at radius 3 is 2.42 bits per heavy atom. The molecule has 5 heteroatoms. The van der Waals surface area contributed by atoms with E-state index in [1.807, 2.05) is 37.4 Å². The standard InChI is InChI=1S/C14H13BN2O2/c1-10-2-4-11(5-3-10)13-9-17-8-12(15(18)19)6-7-14(17)16-13/h2-9,18-19H,1H3. The normalized spacial score (nSPS) is 10.9. The van der Waals surface area contributed by atoms with Gasteiger partial charge in [0, 0.05) is 18.0 Å². The Labute approximate surface area is 111 Å². The first-order valence-corrected chi connectivity index (χ1v) is 6.05. The van der Waals surface area contributed by atoms with Gasteiger partial charge in [0.25, 0.3) is 0 Å². The largest absolute Gasteiger partial charge is 0.489 e. The lowest BCUT2D eigenvalue weighted by Crippen LogP contribution is -2.30. The summed E-state index contributed by atoms with van der Waals surface area (Å²) in [5, 5.41) is 18.3. The summed E-state index contributed by atoms with van der Waals surface area (Å²) in [6.45, 7) is 2.04. The summed E-state index contributed by atoms with van der Waals surface area (Å²) in [4.78, 5) is 4.51. The molecule has 3 rings (SSSR count). The van der Waals surface area contributed by atoms with E-state index in [1.54, 1.807) is 22.7 Å². The van der Waals surface area contributed by atoms with E-state index in [0.717, 1.165) is 16.9 Å². The zero-order valence-electron chi connectivity index (χ0n) is 10.5. The molecule has 0 saturated heterocycles. The number of benzene rings is 1. The summed E-state index contributed by atoms with van der Waals surface area (Å²) in [6, 6.07) is 11.6. The van der Waals surface area contributed by atoms with Crippen molar-refractivity contribution in [3.8, 4) is 11.3 Å². The molecule has 2 N–H and O–H groups in total. The second-order valence-corrected chi connectivity index (χ2v) is 4.59. The van der Waals surface area contributed by atoms with Gasteiger partial charge in [0.1, 0.15) is 5.65 Å². The molecule has 0 bridgehead atoms. The van der Waals surface area contributed by atoms with E-state index in [4.69, 9.17) is 10.0 Å². The van der Waals surface area contributed by atoms with Crippen LogP contribution in [0.1, 0.15) is 5.56 Å². The third-order valence-corrected chi connectivity index (χ3v) is 3.12. The smallest absolute Gasteiger partial charge is 0.423 e. The molecule has 0 saturated carbocycles. The van der Waals surface area contributed by atoms with Crippen LogP contribution >= 0.6 is 0 Å². The molecule has 3 aromatic rings. The van der Waals surface area contributed by atoms with Crippen LogP contribution in [0.15, 0.2) is 48.8 Å². The molecule has 0 unspecified atom stereocenters. The van der Waals surface area contributed by atoms with Crippen molar-refractivity contribution in [2.75, 3.05) is 0 Å². The molecular formula is C14H13BN2O2. The van der Waals surface area contributed by atoms with Crippen molar-refractivity contribution in [3.05, 3.63) is 54.4 Å². The summed E-state index contributed by atoms with van der Waals surface area (Å²) in [5.74, 6) is 0. The van der Waals surface area contributed by atoms with Crippen LogP contribution in [-0.2, 0) is 0 Å². The average Bonchev–Trinajstić information content (AvgIpc) is 2.82. The maximum absolute atomic E-state index is 9.16. The van der Waals surface area contributed by atoms with E-state index in [-0.39, 0.29) is 0 Å². The van der Waals surface area contributed by atoms with Gasteiger partial charge in [-0.15, -0.1) is 0 Å². The average molecular weight is 252 g/mol. The van der Waals surface area contributed by atoms with Gasteiger partial charge in [-0.25, -0.2) is 4.98 Å². The van der Waals surface area contributed by atoms with Crippen molar-refractivity contribution in [1.29, 1.82) is 0 Å². The van der Waals surface area contributed by atoms with Gasteiger partial charge in [-0.2, -0.15) is 0 Å². The van der Waals surface area contributed by atoms with E-state index in [2.05, 4.69) is 4.98 Å². The molecule has 4 nitrogen and oxygen atoms in total. The molecule has 94 valence electrons. The number of aromatic nitrogens is 2. The Bertz CT molecular complexity index is 720. The van der Waals surface area contributed by atoms with E-state index >= 15 is 0 Å². The summed E-state index contributed by atoms with van der Waals surface area (Å²) in [5.41, 5.74) is 4.34. The van der Waals surface area contributed by atoms with Crippen molar-refractivity contribution in [3.63, 3.8) is 0 Å². The first kappa shape index (κ1) is 12.0. The number of nitrogens with zero attached hydrogens (tertiary/aromatic N) is 2. The number of hydrogen-bond donors (Lipinski definition) is 2. The molecule has 19 heavy (non-hydrogen) atoms. The van der Waals surface area contributed by atoms with Crippen LogP contribution in [0.5, 0.6) is 0 Å². The van der Waals surface area contributed by atoms with Crippen LogP contribution in [0, 0.1) is 6.92 Å². The minimum atomic E-state index is -1.46. The molecular weight excluding hydrogens is 239 g/mol. The fraction of sp³-hybridized carbons (Fsp3) is 0.0714. The number of pyridine rings is 1. The minimum Gasteiger partial charge on any atom is -0.423 e. The van der Waals surface area contributed by atoms with Gasteiger partial charge in [-0.05, 0) is 18.5 Å². The number of hydrogen-bond acceptors (Lipinski definition) is 3. The molecule has 0 radical (unpaired) electrons. The van der Waals surface area contributed by atoms with Crippen molar-refractivity contribution in [2.45, 2.75) is 6.92 Å². The SMILES string of the molecule is Cc1ccc(-c2cn3cc(B(O)O)ccc3n2)cc1. The lowest BCUT2D eigenvalue weighted by atomic mass is 9.82. The van der Waals surface area contributed by atoms with Gasteiger partial charge in [0.15, 0.2) is 0 Å². The molecule has 0 spiro atoms. The van der Waals surface area contributed by atoms with Crippen molar-refractivity contribution in [1.82, 2.24) is 9.38 Å². The summed E-state index contributed by atoms with van der Waals surface area (Å²) in [7, 11) is -1.46. The van der Waals surface area contributed by atoms with Crippen LogP contribution in [0.4, 0.5) is 0 Å². The lowest BCUT2D eigenvalue weighted by Gasteiger charge is -1.99. The quantitative estimate of drug-likeness (QED) is 0.668. The van der Waals surface area contributed by atoms with Gasteiger partial charge >= 0.3 is 7.12 Å². The number of fused-ring (bicyclic) bond motifs is 1. The van der Waals surface area contributed by atoms with Crippen LogP contribution in [0.2, 0.25) is 0 Å². The third kappa shape index (κ3) is 2.25. The first-order chi connectivity index (χ1) is 9.13. The second-order valence-electron chi connectivity index (χ2n) is 4.59. The Morgan fingerprint density at radius 2 is 1.74 bits per heavy atom. The van der Waals surface area contributed by atoms with E-state index < -0.39 is 7.12 Å². The fourth-order valence-electron chi connectivity index (χ4n) is 2.03. The topological polar surface area (TPSA) is 57.8 Å². The third-order valence-electron chi connectivity index (χ3n) is 3.12. The fourth-order valence-corrected chi connectivity index (χ4v) is 2.03. The lowest BCUT2D eigenvalue weighted by molar-refractivity contribution is 0.425. The Morgan fingerprint density at radius 1 is 1.00 bits per heavy atom. The molecule has 0 aliphatic rings. The monoisotopic (exact) mass is 252 g/mol. The summed E-state index contributed by atoms with van der Waals surface area (Å²) >= 11 is 0. The molecule has 0 fully saturated rings. The Kier molecular flexibility index (Phi) is 2.85. The highest BCUT2D eigenvalue weighted by atomic mass is 16.4. The first-order valence-electron chi connectivity index (χ1n) is 6.05. The highest BCUT2D eigenvalue weighted by Crippen LogP contribution is 2.19. The van der Waals surface area contributed by atoms with Crippen molar-refractivity contribution in [2.24, 2.45) is 0 Å². The zero-order valence-corrected chi connectivity index (χ0v) is 10.5. The highest BCUT2D eigenvalue weighted by molar-refractivity contribution is 6.58. The van der Waals surface area contributed by atoms with Gasteiger partial charge in [-0.1, -0.05) is 35.9 Å². The van der Waals surface area contributed by atoms with Crippen molar-refractivity contribution >= 4 is 18.2 Å². The van der Waals surface area contributed by atoms with Gasteiger partial charge < -0.3 is 14.4 Å². The second kappa shape index (κ2) is 4.53. The summed E-state index contributed by atoms with van der Waals surface area (Å²) in [6.07, 6.45) is 3.55. The number of rotatable bonds is 2. The Hall–Kier alpha value is -2.11. The van der Waals surface area contributed by atoms with Gasteiger partial charge in [0.05, 0.1) is 5.69 Å². The molecule has 0 aliphatic heterocycles. The highest BCUT2D eigenvalue weighted by Gasteiger charge is 2.12. The predicted molar refractivity (Wildman–Crippen MR) is 75.2 cm³/mol. The summed E-state index contributed by atoms with van der Waals surface area (Å²) < 4.78 is 1.80. The molecule has 1 aromatic carbocycles. The zero-order chi connectivity index (χ0) is 13.4. The molecule has 0 amide bonds. The van der Waals surface area contributed by atoms with Crippen LogP contribution in [-0.4, -0.2) is 26.6 Å². The van der Waals surface area contributed by atoms with E-state index in [1.165, 1.54) is 5.56 Å². The maximum Gasteiger partial charge on any atom is 0.489 e. The number of aryl methyl sites for hydroxylation is 1. The number of imidazole rings is 1. The van der Waals surface area contributed by atoms with E-state index in [0.29, 0.717) is 5.46 Å². The van der Waals surface area contributed by atoms with Gasteiger partial charge in [0.2, 0.25) is 0 Å². The van der Waals surface area contributed by atoms with Crippen LogP contribution in [0.25, 0.3) is 16.9 Å². The van der Waals surface area contributed by atoms with Crippen LogP contribution < -0.4 is 5.46 Å². The minimum absolute atomic E-state index is 0.445. The van der Waals surface area contributed by atoms with Crippen LogP contribution in [0.3, 0.4) is 0 Å². The predicted octanol–water partition coefficient (Wildman–Crippen LogP) is 0.990. The molecule has 0 atom stereocenters. The molecule has 0 aliphatic carbocycles.